The maximum Gasteiger partial charge on any atom is 0.387 e. The lowest BCUT2D eigenvalue weighted by molar-refractivity contribution is -0.134. The summed E-state index contributed by atoms with van der Waals surface area (Å²) < 4.78 is 33.0. The lowest BCUT2D eigenvalue weighted by Crippen LogP contribution is -2.05. The molecule has 0 aromatic heterocycles. The van der Waals surface area contributed by atoms with Gasteiger partial charge in [-0.1, -0.05) is 12.1 Å². The predicted molar refractivity (Wildman–Crippen MR) is 57.9 cm³/mol. The fourth-order valence-corrected chi connectivity index (χ4v) is 1.06. The van der Waals surface area contributed by atoms with Crippen LogP contribution in [0.3, 0.4) is 0 Å². The van der Waals surface area contributed by atoms with Crippen molar-refractivity contribution in [2.75, 3.05) is 6.61 Å². The molecule has 0 unspecified atom stereocenters. The van der Waals surface area contributed by atoms with Gasteiger partial charge in [-0.2, -0.15) is 8.78 Å². The van der Waals surface area contributed by atoms with Gasteiger partial charge in [0.1, 0.15) is 11.9 Å². The van der Waals surface area contributed by atoms with Crippen LogP contribution in [0.2, 0.25) is 0 Å². The van der Waals surface area contributed by atoms with Crippen LogP contribution in [0.15, 0.2) is 29.3 Å². The minimum absolute atomic E-state index is 0.0944. The number of hydrogen-bond donors (Lipinski definition) is 0. The van der Waals surface area contributed by atoms with Gasteiger partial charge in [0, 0.05) is 0 Å². The lowest BCUT2D eigenvalue weighted by Gasteiger charge is -2.06. The van der Waals surface area contributed by atoms with Gasteiger partial charge in [0.15, 0.2) is 5.75 Å². The fourth-order valence-electron chi connectivity index (χ4n) is 1.06. The monoisotopic (exact) mass is 243 g/mol. The van der Waals surface area contributed by atoms with Crippen LogP contribution in [-0.2, 0) is 9.53 Å². The van der Waals surface area contributed by atoms with Crippen molar-refractivity contribution in [1.29, 1.82) is 0 Å². The molecule has 0 aliphatic carbocycles. The summed E-state index contributed by atoms with van der Waals surface area (Å²) in [5.41, 5.74) is 0.140. The highest BCUT2D eigenvalue weighted by Gasteiger charge is 2.08. The van der Waals surface area contributed by atoms with Crippen molar-refractivity contribution in [3.8, 4) is 5.75 Å². The van der Waals surface area contributed by atoms with Crippen molar-refractivity contribution in [1.82, 2.24) is 0 Å². The van der Waals surface area contributed by atoms with Crippen LogP contribution in [0.1, 0.15) is 6.92 Å². The Morgan fingerprint density at radius 2 is 2.18 bits per heavy atom. The first-order valence-corrected chi connectivity index (χ1v) is 4.88. The number of hydrogen-bond acceptors (Lipinski definition) is 4. The molecule has 0 radical (unpaired) electrons. The number of aliphatic imine (C=N–C) groups is 1. The van der Waals surface area contributed by atoms with E-state index in [1.54, 1.807) is 13.0 Å². The van der Waals surface area contributed by atoms with E-state index >= 15 is 0 Å². The summed E-state index contributed by atoms with van der Waals surface area (Å²) in [6.45, 7) is -1.06. The number of carbonyl (C=O) groups excluding carboxylic acids is 1. The van der Waals surface area contributed by atoms with E-state index in [4.69, 9.17) is 0 Å². The number of benzene rings is 1. The number of carbonyl (C=O) groups is 1. The van der Waals surface area contributed by atoms with Crippen LogP contribution in [-0.4, -0.2) is 25.4 Å². The smallest absolute Gasteiger partial charge is 0.387 e. The Bertz CT molecular complexity index is 407. The van der Waals surface area contributed by atoms with Crippen molar-refractivity contribution in [3.05, 3.63) is 24.3 Å². The fraction of sp³-hybridized carbons (Fsp3) is 0.273. The molecule has 0 aliphatic rings. The molecule has 0 saturated carbocycles. The van der Waals surface area contributed by atoms with E-state index in [0.29, 0.717) is 0 Å². The Morgan fingerprint density at radius 1 is 1.47 bits per heavy atom. The quantitative estimate of drug-likeness (QED) is 0.589. The number of halogens is 2. The Hall–Kier alpha value is -1.98. The van der Waals surface area contributed by atoms with Crippen LogP contribution >= 0.6 is 0 Å². The van der Waals surface area contributed by atoms with Gasteiger partial charge in [-0.25, -0.2) is 9.79 Å². The second-order valence-electron chi connectivity index (χ2n) is 2.86. The van der Waals surface area contributed by atoms with Gasteiger partial charge < -0.3 is 9.47 Å². The second-order valence-corrected chi connectivity index (χ2v) is 2.86. The second kappa shape index (κ2) is 6.57. The van der Waals surface area contributed by atoms with Crippen molar-refractivity contribution in [2.24, 2.45) is 4.99 Å². The topological polar surface area (TPSA) is 47.9 Å². The van der Waals surface area contributed by atoms with E-state index in [9.17, 15) is 13.6 Å². The Kier molecular flexibility index (Phi) is 5.06. The summed E-state index contributed by atoms with van der Waals surface area (Å²) in [4.78, 5) is 14.7. The molecule has 0 atom stereocenters. The van der Waals surface area contributed by atoms with E-state index in [2.05, 4.69) is 14.5 Å². The van der Waals surface area contributed by atoms with E-state index < -0.39 is 12.6 Å². The SMILES string of the molecule is CCOC(=O)/C=N/c1ccccc1OC(F)F. The molecule has 0 amide bonds. The zero-order valence-electron chi connectivity index (χ0n) is 9.10. The highest BCUT2D eigenvalue weighted by atomic mass is 19.3. The number of esters is 1. The molecule has 0 aliphatic heterocycles. The molecular formula is C11H11F2NO3. The minimum Gasteiger partial charge on any atom is -0.462 e. The third-order valence-electron chi connectivity index (χ3n) is 1.68. The predicted octanol–water partition coefficient (Wildman–Crippen LogP) is 2.55. The third kappa shape index (κ3) is 4.58. The normalized spacial score (nSPS) is 10.8. The Morgan fingerprint density at radius 3 is 2.82 bits per heavy atom. The van der Waals surface area contributed by atoms with Crippen LogP contribution in [0, 0.1) is 0 Å². The van der Waals surface area contributed by atoms with Crippen LogP contribution < -0.4 is 4.74 Å². The van der Waals surface area contributed by atoms with Gasteiger partial charge in [-0.15, -0.1) is 0 Å². The summed E-state index contributed by atoms with van der Waals surface area (Å²) in [6, 6.07) is 5.91. The summed E-state index contributed by atoms with van der Waals surface area (Å²) in [7, 11) is 0. The molecule has 17 heavy (non-hydrogen) atoms. The molecule has 1 aromatic rings. The molecular weight excluding hydrogens is 232 g/mol. The van der Waals surface area contributed by atoms with Gasteiger partial charge in [-0.3, -0.25) is 0 Å². The zero-order valence-corrected chi connectivity index (χ0v) is 9.10. The van der Waals surface area contributed by atoms with Crippen LogP contribution in [0.5, 0.6) is 5.75 Å². The first-order chi connectivity index (χ1) is 8.13. The van der Waals surface area contributed by atoms with Gasteiger partial charge in [0.05, 0.1) is 6.61 Å². The zero-order chi connectivity index (χ0) is 12.7. The Labute approximate surface area is 96.9 Å². The van der Waals surface area contributed by atoms with Gasteiger partial charge in [-0.05, 0) is 19.1 Å². The summed E-state index contributed by atoms with van der Waals surface area (Å²) in [6.07, 6.45) is 0.914. The summed E-state index contributed by atoms with van der Waals surface area (Å²) in [5, 5.41) is 0. The lowest BCUT2D eigenvalue weighted by atomic mass is 10.3. The van der Waals surface area contributed by atoms with Gasteiger partial charge in [0.2, 0.25) is 0 Å². The maximum atomic E-state index is 12.1. The molecule has 0 saturated heterocycles. The molecule has 6 heteroatoms. The molecule has 1 rings (SSSR count). The summed E-state index contributed by atoms with van der Waals surface area (Å²) >= 11 is 0. The molecule has 4 nitrogen and oxygen atoms in total. The molecule has 1 aromatic carbocycles. The van der Waals surface area contributed by atoms with Gasteiger partial charge >= 0.3 is 12.6 Å². The molecule has 0 heterocycles. The third-order valence-corrected chi connectivity index (χ3v) is 1.68. The van der Waals surface area contributed by atoms with Crippen molar-refractivity contribution < 1.29 is 23.0 Å². The highest BCUT2D eigenvalue weighted by Crippen LogP contribution is 2.27. The van der Waals surface area contributed by atoms with E-state index in [0.717, 1.165) is 6.21 Å². The molecule has 92 valence electrons. The molecule has 0 bridgehead atoms. The minimum atomic E-state index is -2.94. The van der Waals surface area contributed by atoms with Crippen molar-refractivity contribution >= 4 is 17.9 Å². The number of nitrogens with zero attached hydrogens (tertiary/aromatic N) is 1. The number of rotatable bonds is 5. The Balaban J connectivity index is 2.79. The molecule has 0 fully saturated rings. The standard InChI is InChI=1S/C11H11F2NO3/c1-2-16-10(15)7-14-8-5-3-4-6-9(8)17-11(12)13/h3-7,11H,2H2,1H3/b14-7+. The highest BCUT2D eigenvalue weighted by molar-refractivity contribution is 6.23. The van der Waals surface area contributed by atoms with Crippen molar-refractivity contribution in [3.63, 3.8) is 0 Å². The number of alkyl halides is 2. The average molecular weight is 243 g/mol. The van der Waals surface area contributed by atoms with E-state index in [1.165, 1.54) is 18.2 Å². The number of para-hydroxylation sites is 2. The summed E-state index contributed by atoms with van der Waals surface area (Å²) in [5.74, 6) is -0.734. The number of ether oxygens (including phenoxy) is 2. The van der Waals surface area contributed by atoms with Gasteiger partial charge in [0.25, 0.3) is 0 Å². The molecule has 0 spiro atoms. The first-order valence-electron chi connectivity index (χ1n) is 4.88. The maximum absolute atomic E-state index is 12.1. The van der Waals surface area contributed by atoms with E-state index in [-0.39, 0.29) is 18.0 Å². The average Bonchev–Trinajstić information content (AvgIpc) is 2.27. The van der Waals surface area contributed by atoms with Crippen LogP contribution in [0.4, 0.5) is 14.5 Å². The van der Waals surface area contributed by atoms with Crippen molar-refractivity contribution in [2.45, 2.75) is 13.5 Å². The molecule has 0 N–H and O–H groups in total. The van der Waals surface area contributed by atoms with Crippen LogP contribution in [0.25, 0.3) is 0 Å². The first kappa shape index (κ1) is 13.1. The van der Waals surface area contributed by atoms with E-state index in [1.807, 2.05) is 0 Å². The largest absolute Gasteiger partial charge is 0.462 e.